The van der Waals surface area contributed by atoms with Crippen LogP contribution in [0.1, 0.15) is 26.3 Å². The van der Waals surface area contributed by atoms with Gasteiger partial charge in [0.05, 0.1) is 18.5 Å². The molecule has 1 saturated heterocycles. The van der Waals surface area contributed by atoms with E-state index < -0.39 is 22.9 Å². The fourth-order valence-corrected chi connectivity index (χ4v) is 3.55. The number of anilines is 2. The largest absolute Gasteiger partial charge is 0.363 e. The topological polar surface area (TPSA) is 46.2 Å². The Hall–Kier alpha value is -1.90. The molecule has 0 spiro atoms. The maximum Gasteiger partial charge on any atom is 0.302 e. The lowest BCUT2D eigenvalue weighted by atomic mass is 9.77. The van der Waals surface area contributed by atoms with Crippen LogP contribution in [0.15, 0.2) is 36.5 Å². The molecule has 150 valence electrons. The van der Waals surface area contributed by atoms with Crippen molar-refractivity contribution in [2.45, 2.75) is 37.8 Å². The summed E-state index contributed by atoms with van der Waals surface area (Å²) in [5.74, 6) is -4.27. The minimum Gasteiger partial charge on any atom is -0.363 e. The smallest absolute Gasteiger partial charge is 0.302 e. The summed E-state index contributed by atoms with van der Waals surface area (Å²) in [6.45, 7) is 3.58. The van der Waals surface area contributed by atoms with Crippen LogP contribution >= 0.6 is 23.8 Å². The molecule has 1 aromatic heterocycles. The third-order valence-corrected chi connectivity index (χ3v) is 5.30. The van der Waals surface area contributed by atoms with E-state index in [-0.39, 0.29) is 17.2 Å². The zero-order chi connectivity index (χ0) is 20.7. The summed E-state index contributed by atoms with van der Waals surface area (Å²) in [5.41, 5.74) is -3.24. The van der Waals surface area contributed by atoms with Gasteiger partial charge in [0.15, 0.2) is 0 Å². The van der Waals surface area contributed by atoms with Gasteiger partial charge in [0.1, 0.15) is 27.1 Å². The molecule has 2 heterocycles. The van der Waals surface area contributed by atoms with E-state index in [0.29, 0.717) is 16.5 Å². The zero-order valence-corrected chi connectivity index (χ0v) is 17.0. The van der Waals surface area contributed by atoms with Gasteiger partial charge in [-0.1, -0.05) is 23.8 Å². The Kier molecular flexibility index (Phi) is 5.33. The van der Waals surface area contributed by atoms with Crippen molar-refractivity contribution in [3.05, 3.63) is 53.1 Å². The summed E-state index contributed by atoms with van der Waals surface area (Å²) >= 11 is 10.9. The van der Waals surface area contributed by atoms with Crippen molar-refractivity contribution in [1.82, 2.24) is 10.3 Å². The van der Waals surface area contributed by atoms with Crippen molar-refractivity contribution >= 4 is 40.2 Å². The molecule has 4 nitrogen and oxygen atoms in total. The van der Waals surface area contributed by atoms with Gasteiger partial charge in [0.2, 0.25) is 0 Å². The van der Waals surface area contributed by atoms with E-state index in [0.717, 1.165) is 6.07 Å². The van der Waals surface area contributed by atoms with Gasteiger partial charge in [-0.2, -0.15) is 0 Å². The number of nitrogens with one attached hydrogen (secondary N) is 2. The third-order valence-electron chi connectivity index (χ3n) is 4.86. The molecule has 1 aromatic carbocycles. The van der Waals surface area contributed by atoms with E-state index in [1.807, 2.05) is 0 Å². The molecule has 0 radical (unpaired) electrons. The maximum atomic E-state index is 15.5. The van der Waals surface area contributed by atoms with Crippen LogP contribution in [-0.2, 0) is 10.3 Å². The molecule has 1 aliphatic heterocycles. The first-order valence-electron chi connectivity index (χ1n) is 8.48. The molecule has 3 rings (SSSR count). The molecular weight excluding hydrogens is 411 g/mol. The Morgan fingerprint density at radius 1 is 1.18 bits per heavy atom. The van der Waals surface area contributed by atoms with E-state index in [9.17, 15) is 4.39 Å². The summed E-state index contributed by atoms with van der Waals surface area (Å²) in [4.78, 5) is 4.02. The molecule has 0 amide bonds. The van der Waals surface area contributed by atoms with Gasteiger partial charge in [-0.3, -0.25) is 0 Å². The van der Waals surface area contributed by atoms with Crippen molar-refractivity contribution in [2.24, 2.45) is 0 Å². The number of ether oxygens (including phenoxy) is 1. The summed E-state index contributed by atoms with van der Waals surface area (Å²) < 4.78 is 51.0. The van der Waals surface area contributed by atoms with E-state index in [1.54, 1.807) is 12.1 Å². The SMILES string of the molecule is CC1(C)OCC(=S)NC(C)(c2cc(Nc3ccc(Cl)nc3)ccc2F)C1(F)F. The predicted octanol–water partition coefficient (Wildman–Crippen LogP) is 5.19. The Morgan fingerprint density at radius 2 is 1.86 bits per heavy atom. The van der Waals surface area contributed by atoms with Crippen molar-refractivity contribution in [3.63, 3.8) is 0 Å². The second kappa shape index (κ2) is 7.17. The van der Waals surface area contributed by atoms with Crippen LogP contribution in [0.5, 0.6) is 0 Å². The highest BCUT2D eigenvalue weighted by molar-refractivity contribution is 7.80. The monoisotopic (exact) mass is 429 g/mol. The van der Waals surface area contributed by atoms with Gasteiger partial charge >= 0.3 is 5.92 Å². The van der Waals surface area contributed by atoms with Gasteiger partial charge < -0.3 is 15.4 Å². The van der Waals surface area contributed by atoms with E-state index in [4.69, 9.17) is 28.6 Å². The van der Waals surface area contributed by atoms with Gasteiger partial charge in [-0.15, -0.1) is 0 Å². The third kappa shape index (κ3) is 3.56. The second-order valence-corrected chi connectivity index (χ2v) is 8.12. The molecular formula is C19H19ClF3N3OS. The van der Waals surface area contributed by atoms with E-state index in [2.05, 4.69) is 15.6 Å². The number of hydrogen-bond acceptors (Lipinski definition) is 4. The molecule has 2 aromatic rings. The van der Waals surface area contributed by atoms with Gasteiger partial charge in [0.25, 0.3) is 0 Å². The van der Waals surface area contributed by atoms with Crippen LogP contribution in [0.2, 0.25) is 5.15 Å². The number of alkyl halides is 2. The first-order valence-corrected chi connectivity index (χ1v) is 9.26. The number of nitrogens with zero attached hydrogens (tertiary/aromatic N) is 1. The molecule has 0 aliphatic carbocycles. The first kappa shape index (κ1) is 20.8. The highest BCUT2D eigenvalue weighted by Gasteiger charge is 2.64. The Labute approximate surface area is 171 Å². The number of halogens is 4. The molecule has 0 saturated carbocycles. The molecule has 28 heavy (non-hydrogen) atoms. The Balaban J connectivity index is 2.07. The summed E-state index contributed by atoms with van der Waals surface area (Å²) in [5, 5.41) is 5.94. The summed E-state index contributed by atoms with van der Waals surface area (Å²) in [6, 6.07) is 7.16. The van der Waals surface area contributed by atoms with Crippen LogP contribution in [-0.4, -0.2) is 28.1 Å². The van der Waals surface area contributed by atoms with Crippen LogP contribution in [0.3, 0.4) is 0 Å². The lowest BCUT2D eigenvalue weighted by Gasteiger charge is -2.44. The van der Waals surface area contributed by atoms with Crippen molar-refractivity contribution < 1.29 is 17.9 Å². The lowest BCUT2D eigenvalue weighted by Crippen LogP contribution is -2.62. The van der Waals surface area contributed by atoms with Crippen LogP contribution < -0.4 is 10.6 Å². The Bertz CT molecular complexity index is 908. The van der Waals surface area contributed by atoms with Crippen molar-refractivity contribution in [2.75, 3.05) is 11.9 Å². The lowest BCUT2D eigenvalue weighted by molar-refractivity contribution is -0.216. The van der Waals surface area contributed by atoms with Crippen molar-refractivity contribution in [3.8, 4) is 0 Å². The average Bonchev–Trinajstić information content (AvgIpc) is 2.68. The number of thiocarbonyl (C=S) groups is 1. The average molecular weight is 430 g/mol. The fraction of sp³-hybridized carbons (Fsp3) is 0.368. The minimum atomic E-state index is -3.48. The highest BCUT2D eigenvalue weighted by atomic mass is 35.5. The standard InChI is InChI=1S/C19H19ClF3N3OS/c1-17(2)19(22,23)18(3,26-16(28)10-27-17)13-8-11(4-6-14(13)21)25-12-5-7-15(20)24-9-12/h4-9,25H,10H2,1-3H3,(H,26,28). The molecule has 1 atom stereocenters. The zero-order valence-electron chi connectivity index (χ0n) is 15.4. The highest BCUT2D eigenvalue weighted by Crippen LogP contribution is 2.48. The second-order valence-electron chi connectivity index (χ2n) is 7.24. The molecule has 2 N–H and O–H groups in total. The van der Waals surface area contributed by atoms with Crippen LogP contribution in [0, 0.1) is 5.82 Å². The number of pyridine rings is 1. The molecule has 1 fully saturated rings. The van der Waals surface area contributed by atoms with Gasteiger partial charge in [-0.05, 0) is 51.1 Å². The minimum absolute atomic E-state index is 0.0763. The normalized spacial score (nSPS) is 23.6. The van der Waals surface area contributed by atoms with E-state index >= 15 is 8.78 Å². The van der Waals surface area contributed by atoms with Crippen LogP contribution in [0.4, 0.5) is 24.5 Å². The number of benzene rings is 1. The van der Waals surface area contributed by atoms with Gasteiger partial charge in [-0.25, -0.2) is 18.2 Å². The number of hydrogen-bond donors (Lipinski definition) is 2. The van der Waals surface area contributed by atoms with Crippen molar-refractivity contribution in [1.29, 1.82) is 0 Å². The van der Waals surface area contributed by atoms with E-state index in [1.165, 1.54) is 39.1 Å². The Morgan fingerprint density at radius 3 is 2.50 bits per heavy atom. The molecule has 9 heteroatoms. The van der Waals surface area contributed by atoms with Gasteiger partial charge in [0, 0.05) is 11.3 Å². The first-order chi connectivity index (χ1) is 13.0. The molecule has 0 bridgehead atoms. The maximum absolute atomic E-state index is 15.5. The van der Waals surface area contributed by atoms with Crippen LogP contribution in [0.25, 0.3) is 0 Å². The number of rotatable bonds is 3. The quantitative estimate of drug-likeness (QED) is 0.519. The molecule has 1 aliphatic rings. The molecule has 1 unspecified atom stereocenters. The fourth-order valence-electron chi connectivity index (χ4n) is 3.17. The predicted molar refractivity (Wildman–Crippen MR) is 107 cm³/mol. The number of aromatic nitrogens is 1. The summed E-state index contributed by atoms with van der Waals surface area (Å²) in [6.07, 6.45) is 1.48. The summed E-state index contributed by atoms with van der Waals surface area (Å²) in [7, 11) is 0.